The van der Waals surface area contributed by atoms with E-state index in [-0.39, 0.29) is 0 Å². The van der Waals surface area contributed by atoms with E-state index in [2.05, 4.69) is 64.5 Å². The van der Waals surface area contributed by atoms with Crippen LogP contribution in [0.4, 0.5) is 11.4 Å². The number of hydrogen-bond acceptors (Lipinski definition) is 3. The van der Waals surface area contributed by atoms with Gasteiger partial charge in [0.25, 0.3) is 0 Å². The summed E-state index contributed by atoms with van der Waals surface area (Å²) in [5.41, 5.74) is 6.08. The second kappa shape index (κ2) is 5.89. The van der Waals surface area contributed by atoms with Crippen LogP contribution in [-0.4, -0.2) is 15.2 Å². The molecule has 0 aliphatic heterocycles. The van der Waals surface area contributed by atoms with Gasteiger partial charge in [0.2, 0.25) is 0 Å². The molecule has 0 N–H and O–H groups in total. The lowest BCUT2D eigenvalue weighted by Crippen LogP contribution is -2.16. The van der Waals surface area contributed by atoms with Crippen molar-refractivity contribution in [2.45, 2.75) is 12.8 Å². The standard InChI is InChI=1S/C19H18N2OSi/c23-19-20-17-13-16(11-12-18(17)22-19)21(14-7-3-1-4-8-14)15-9-5-2-6-10-15/h1,3-5,7-13H,2,6H2,23H3. The predicted octanol–water partition coefficient (Wildman–Crippen LogP) is 3.19. The van der Waals surface area contributed by atoms with Crippen LogP contribution in [0.1, 0.15) is 12.8 Å². The summed E-state index contributed by atoms with van der Waals surface area (Å²) in [5, 5.41) is 0. The van der Waals surface area contributed by atoms with E-state index in [9.17, 15) is 0 Å². The van der Waals surface area contributed by atoms with Crippen LogP contribution in [-0.2, 0) is 0 Å². The molecule has 0 bridgehead atoms. The van der Waals surface area contributed by atoms with Crippen molar-refractivity contribution in [3.63, 3.8) is 0 Å². The molecule has 1 aliphatic carbocycles. The second-order valence-electron chi connectivity index (χ2n) is 5.66. The zero-order chi connectivity index (χ0) is 15.6. The van der Waals surface area contributed by atoms with Crippen LogP contribution in [0, 0.1) is 0 Å². The van der Waals surface area contributed by atoms with Crippen LogP contribution in [0.5, 0.6) is 0 Å². The Hall–Kier alpha value is -2.59. The van der Waals surface area contributed by atoms with Gasteiger partial charge in [0.05, 0.1) is 0 Å². The molecular formula is C19H18N2OSi. The molecule has 0 atom stereocenters. The molecule has 4 rings (SSSR count). The molecular weight excluding hydrogens is 300 g/mol. The molecule has 0 saturated carbocycles. The number of nitrogens with zero attached hydrogens (tertiary/aromatic N) is 2. The molecule has 114 valence electrons. The lowest BCUT2D eigenvalue weighted by Gasteiger charge is -2.27. The molecule has 0 amide bonds. The number of fused-ring (bicyclic) bond motifs is 1. The Kier molecular flexibility index (Phi) is 3.59. The lowest BCUT2D eigenvalue weighted by atomic mass is 10.1. The summed E-state index contributed by atoms with van der Waals surface area (Å²) in [6, 6.07) is 16.7. The first-order valence-corrected chi connectivity index (χ1v) is 8.90. The van der Waals surface area contributed by atoms with Gasteiger partial charge in [0.1, 0.15) is 15.8 Å². The number of anilines is 2. The molecule has 0 spiro atoms. The van der Waals surface area contributed by atoms with Crippen molar-refractivity contribution >= 4 is 38.2 Å². The Balaban J connectivity index is 1.85. The summed E-state index contributed by atoms with van der Waals surface area (Å²) in [5.74, 6) is 0. The highest BCUT2D eigenvalue weighted by molar-refractivity contribution is 6.28. The van der Waals surface area contributed by atoms with Gasteiger partial charge in [0, 0.05) is 17.1 Å². The van der Waals surface area contributed by atoms with Crippen LogP contribution in [0.2, 0.25) is 0 Å². The Morgan fingerprint density at radius 3 is 2.65 bits per heavy atom. The third kappa shape index (κ3) is 2.73. The Labute approximate surface area is 138 Å². The van der Waals surface area contributed by atoms with Crippen LogP contribution in [0.25, 0.3) is 11.1 Å². The van der Waals surface area contributed by atoms with E-state index in [1.807, 2.05) is 12.1 Å². The van der Waals surface area contributed by atoms with Gasteiger partial charge in [-0.3, -0.25) is 0 Å². The summed E-state index contributed by atoms with van der Waals surface area (Å²) in [7, 11) is 0.826. The fourth-order valence-electron chi connectivity index (χ4n) is 2.96. The summed E-state index contributed by atoms with van der Waals surface area (Å²) < 4.78 is 5.66. The van der Waals surface area contributed by atoms with Gasteiger partial charge < -0.3 is 9.32 Å². The minimum atomic E-state index is 0.826. The number of aromatic nitrogens is 1. The molecule has 0 fully saturated rings. The largest absolute Gasteiger partial charge is 0.447 e. The normalized spacial score (nSPS) is 14.2. The Morgan fingerprint density at radius 2 is 1.87 bits per heavy atom. The highest BCUT2D eigenvalue weighted by Crippen LogP contribution is 2.33. The molecule has 1 aliphatic rings. The van der Waals surface area contributed by atoms with Crippen molar-refractivity contribution in [1.82, 2.24) is 4.98 Å². The zero-order valence-corrected chi connectivity index (χ0v) is 15.1. The molecule has 3 nitrogen and oxygen atoms in total. The number of allylic oxidation sites excluding steroid dienone is 3. The minimum absolute atomic E-state index is 0.826. The average molecular weight is 318 g/mol. The van der Waals surface area contributed by atoms with Crippen molar-refractivity contribution in [2.75, 3.05) is 4.90 Å². The smallest absolute Gasteiger partial charge is 0.156 e. The summed E-state index contributed by atoms with van der Waals surface area (Å²) >= 11 is 0. The highest BCUT2D eigenvalue weighted by Gasteiger charge is 2.15. The SMILES string of the molecule is [SiH3]c1nc2cc(N(C3=CCCC=C3)c3ccccc3)ccc2o1. The van der Waals surface area contributed by atoms with Gasteiger partial charge in [0.15, 0.2) is 11.1 Å². The number of benzene rings is 2. The maximum Gasteiger partial charge on any atom is 0.156 e. The van der Waals surface area contributed by atoms with Crippen LogP contribution < -0.4 is 10.4 Å². The van der Waals surface area contributed by atoms with Crippen molar-refractivity contribution in [3.05, 3.63) is 72.5 Å². The number of rotatable bonds is 3. The molecule has 23 heavy (non-hydrogen) atoms. The van der Waals surface area contributed by atoms with Gasteiger partial charge in [-0.1, -0.05) is 30.4 Å². The molecule has 1 aromatic heterocycles. The monoisotopic (exact) mass is 318 g/mol. The zero-order valence-electron chi connectivity index (χ0n) is 13.1. The number of oxazole rings is 1. The summed E-state index contributed by atoms with van der Waals surface area (Å²) in [4.78, 5) is 6.80. The van der Waals surface area contributed by atoms with E-state index < -0.39 is 0 Å². The van der Waals surface area contributed by atoms with Crippen molar-refractivity contribution in [1.29, 1.82) is 0 Å². The lowest BCUT2D eigenvalue weighted by molar-refractivity contribution is 0.644. The fraction of sp³-hybridized carbons (Fsp3) is 0.105. The van der Waals surface area contributed by atoms with E-state index in [4.69, 9.17) is 4.42 Å². The maximum absolute atomic E-state index is 5.66. The number of hydrogen-bond donors (Lipinski definition) is 0. The van der Waals surface area contributed by atoms with Gasteiger partial charge in [-0.25, -0.2) is 4.98 Å². The van der Waals surface area contributed by atoms with Crippen molar-refractivity contribution in [2.24, 2.45) is 0 Å². The molecule has 3 aromatic rings. The van der Waals surface area contributed by atoms with E-state index in [1.165, 1.54) is 5.70 Å². The van der Waals surface area contributed by atoms with Gasteiger partial charge in [-0.05, 0) is 49.2 Å². The first-order chi connectivity index (χ1) is 11.3. The summed E-state index contributed by atoms with van der Waals surface area (Å²) in [6.45, 7) is 0. The third-order valence-corrected chi connectivity index (χ3v) is 4.41. The molecule has 0 unspecified atom stereocenters. The third-order valence-electron chi connectivity index (χ3n) is 3.98. The quantitative estimate of drug-likeness (QED) is 0.695. The highest BCUT2D eigenvalue weighted by atomic mass is 28.1. The van der Waals surface area contributed by atoms with Crippen LogP contribution in [0.3, 0.4) is 0 Å². The number of para-hydroxylation sites is 1. The van der Waals surface area contributed by atoms with Gasteiger partial charge in [-0.15, -0.1) is 0 Å². The van der Waals surface area contributed by atoms with Crippen LogP contribution in [0.15, 0.2) is 76.9 Å². The van der Waals surface area contributed by atoms with Gasteiger partial charge in [-0.2, -0.15) is 0 Å². The van der Waals surface area contributed by atoms with E-state index >= 15 is 0 Å². The second-order valence-corrected chi connectivity index (χ2v) is 6.52. The molecule has 2 aromatic carbocycles. The van der Waals surface area contributed by atoms with E-state index in [1.54, 1.807) is 0 Å². The molecule has 0 radical (unpaired) electrons. The summed E-state index contributed by atoms with van der Waals surface area (Å²) in [6.07, 6.45) is 8.90. The molecule has 1 heterocycles. The van der Waals surface area contributed by atoms with Crippen molar-refractivity contribution in [3.8, 4) is 0 Å². The minimum Gasteiger partial charge on any atom is -0.447 e. The van der Waals surface area contributed by atoms with E-state index in [0.717, 1.165) is 51.1 Å². The predicted molar refractivity (Wildman–Crippen MR) is 98.6 cm³/mol. The van der Waals surface area contributed by atoms with E-state index in [0.29, 0.717) is 0 Å². The maximum atomic E-state index is 5.66. The molecule has 0 saturated heterocycles. The van der Waals surface area contributed by atoms with Crippen LogP contribution >= 0.6 is 0 Å². The first-order valence-electron chi connectivity index (χ1n) is 7.90. The Morgan fingerprint density at radius 1 is 1.00 bits per heavy atom. The fourth-order valence-corrected chi connectivity index (χ4v) is 3.42. The first kappa shape index (κ1) is 14.0. The average Bonchev–Trinajstić information content (AvgIpc) is 2.96. The van der Waals surface area contributed by atoms with Gasteiger partial charge >= 0.3 is 0 Å². The Bertz CT molecular complexity index is 896. The molecule has 4 heteroatoms. The van der Waals surface area contributed by atoms with Crippen molar-refractivity contribution < 1.29 is 4.42 Å². The topological polar surface area (TPSA) is 29.3 Å².